The first-order valence-corrected chi connectivity index (χ1v) is 5.79. The minimum atomic E-state index is 0.205. The number of amides is 1. The normalized spacial score (nSPS) is 22.4. The van der Waals surface area contributed by atoms with Gasteiger partial charge in [0.05, 0.1) is 0 Å². The van der Waals surface area contributed by atoms with Gasteiger partial charge in [-0.25, -0.2) is 0 Å². The standard InChI is InChI=1S/C11H22N2O/c1-3-9(4-2)11(14)13-10-6-5-7-12-8-10/h9-10,12H,3-8H2,1-2H3,(H,13,14)/t10-/m1/s1. The van der Waals surface area contributed by atoms with Gasteiger partial charge in [0.2, 0.25) is 5.91 Å². The topological polar surface area (TPSA) is 41.1 Å². The van der Waals surface area contributed by atoms with Crippen LogP contribution in [0.25, 0.3) is 0 Å². The molecule has 0 saturated carbocycles. The van der Waals surface area contributed by atoms with Gasteiger partial charge >= 0.3 is 0 Å². The minimum absolute atomic E-state index is 0.205. The van der Waals surface area contributed by atoms with Crippen LogP contribution in [0.3, 0.4) is 0 Å². The fourth-order valence-corrected chi connectivity index (χ4v) is 1.95. The fourth-order valence-electron chi connectivity index (χ4n) is 1.95. The highest BCUT2D eigenvalue weighted by Gasteiger charge is 2.19. The summed E-state index contributed by atoms with van der Waals surface area (Å²) in [5.74, 6) is 0.445. The van der Waals surface area contributed by atoms with Gasteiger partial charge in [-0.1, -0.05) is 13.8 Å². The van der Waals surface area contributed by atoms with Crippen molar-refractivity contribution in [2.45, 2.75) is 45.6 Å². The Balaban J connectivity index is 2.30. The van der Waals surface area contributed by atoms with E-state index in [4.69, 9.17) is 0 Å². The summed E-state index contributed by atoms with van der Waals surface area (Å²) >= 11 is 0. The lowest BCUT2D eigenvalue weighted by Gasteiger charge is -2.25. The second-order valence-corrected chi connectivity index (χ2v) is 4.07. The van der Waals surface area contributed by atoms with Crippen molar-refractivity contribution in [2.24, 2.45) is 5.92 Å². The average Bonchev–Trinajstić information content (AvgIpc) is 2.21. The first-order valence-electron chi connectivity index (χ1n) is 5.79. The molecular formula is C11H22N2O. The summed E-state index contributed by atoms with van der Waals surface area (Å²) in [4.78, 5) is 11.7. The van der Waals surface area contributed by atoms with Crippen LogP contribution in [0.1, 0.15) is 39.5 Å². The van der Waals surface area contributed by atoms with Crippen LogP contribution in [0.15, 0.2) is 0 Å². The van der Waals surface area contributed by atoms with E-state index in [0.717, 1.165) is 32.4 Å². The lowest BCUT2D eigenvalue weighted by atomic mass is 10.0. The molecule has 1 amide bonds. The molecule has 0 aromatic carbocycles. The third-order valence-electron chi connectivity index (χ3n) is 3.00. The monoisotopic (exact) mass is 198 g/mol. The number of rotatable bonds is 4. The zero-order valence-corrected chi connectivity index (χ0v) is 9.31. The van der Waals surface area contributed by atoms with Gasteiger partial charge in [-0.3, -0.25) is 4.79 Å². The summed E-state index contributed by atoms with van der Waals surface area (Å²) in [6.45, 7) is 6.18. The van der Waals surface area contributed by atoms with Crippen molar-refractivity contribution in [2.75, 3.05) is 13.1 Å². The Hall–Kier alpha value is -0.570. The molecular weight excluding hydrogens is 176 g/mol. The van der Waals surface area contributed by atoms with Gasteiger partial charge in [0, 0.05) is 18.5 Å². The molecule has 1 fully saturated rings. The van der Waals surface area contributed by atoms with E-state index in [0.29, 0.717) is 6.04 Å². The van der Waals surface area contributed by atoms with Crippen molar-refractivity contribution in [1.29, 1.82) is 0 Å². The molecule has 14 heavy (non-hydrogen) atoms. The Morgan fingerprint density at radius 2 is 2.21 bits per heavy atom. The Kier molecular flexibility index (Phi) is 4.94. The second-order valence-electron chi connectivity index (χ2n) is 4.07. The van der Waals surface area contributed by atoms with Gasteiger partial charge in [-0.15, -0.1) is 0 Å². The van der Waals surface area contributed by atoms with Gasteiger partial charge in [0.15, 0.2) is 0 Å². The molecule has 1 heterocycles. The van der Waals surface area contributed by atoms with Gasteiger partial charge in [-0.05, 0) is 32.2 Å². The molecule has 1 rings (SSSR count). The van der Waals surface area contributed by atoms with E-state index in [9.17, 15) is 4.79 Å². The van der Waals surface area contributed by atoms with Crippen molar-refractivity contribution >= 4 is 5.91 Å². The Morgan fingerprint density at radius 3 is 2.71 bits per heavy atom. The van der Waals surface area contributed by atoms with Gasteiger partial charge in [0.1, 0.15) is 0 Å². The lowest BCUT2D eigenvalue weighted by molar-refractivity contribution is -0.126. The van der Waals surface area contributed by atoms with Crippen molar-refractivity contribution < 1.29 is 4.79 Å². The maximum absolute atomic E-state index is 11.7. The van der Waals surface area contributed by atoms with Crippen LogP contribution in [0, 0.1) is 5.92 Å². The van der Waals surface area contributed by atoms with Crippen molar-refractivity contribution in [3.8, 4) is 0 Å². The van der Waals surface area contributed by atoms with Crippen molar-refractivity contribution in [3.63, 3.8) is 0 Å². The maximum atomic E-state index is 11.7. The molecule has 0 aromatic heterocycles. The Morgan fingerprint density at radius 1 is 1.50 bits per heavy atom. The molecule has 1 aliphatic heterocycles. The Labute approximate surface area is 86.6 Å². The van der Waals surface area contributed by atoms with Crippen LogP contribution in [0.2, 0.25) is 0 Å². The number of piperidine rings is 1. The molecule has 1 atom stereocenters. The third kappa shape index (κ3) is 3.29. The van der Waals surface area contributed by atoms with Crippen molar-refractivity contribution in [1.82, 2.24) is 10.6 Å². The largest absolute Gasteiger partial charge is 0.352 e. The van der Waals surface area contributed by atoms with E-state index in [1.54, 1.807) is 0 Å². The number of carbonyl (C=O) groups is 1. The lowest BCUT2D eigenvalue weighted by Crippen LogP contribution is -2.47. The number of nitrogens with one attached hydrogen (secondary N) is 2. The molecule has 3 heteroatoms. The predicted octanol–water partition coefficient (Wildman–Crippen LogP) is 1.29. The quantitative estimate of drug-likeness (QED) is 0.714. The van der Waals surface area contributed by atoms with Crippen LogP contribution in [-0.4, -0.2) is 25.0 Å². The summed E-state index contributed by atoms with van der Waals surface area (Å²) in [6, 6.07) is 0.358. The molecule has 2 N–H and O–H groups in total. The fraction of sp³-hybridized carbons (Fsp3) is 0.909. The van der Waals surface area contributed by atoms with Gasteiger partial charge < -0.3 is 10.6 Å². The highest BCUT2D eigenvalue weighted by Crippen LogP contribution is 2.09. The summed E-state index contributed by atoms with van der Waals surface area (Å²) in [6.07, 6.45) is 4.19. The van der Waals surface area contributed by atoms with E-state index in [2.05, 4.69) is 24.5 Å². The molecule has 0 aromatic rings. The van der Waals surface area contributed by atoms with Gasteiger partial charge in [0.25, 0.3) is 0 Å². The summed E-state index contributed by atoms with van der Waals surface area (Å²) < 4.78 is 0. The molecule has 0 spiro atoms. The first-order chi connectivity index (χ1) is 6.77. The molecule has 0 aliphatic carbocycles. The smallest absolute Gasteiger partial charge is 0.223 e. The third-order valence-corrected chi connectivity index (χ3v) is 3.00. The van der Waals surface area contributed by atoms with Crippen LogP contribution >= 0.6 is 0 Å². The maximum Gasteiger partial charge on any atom is 0.223 e. The molecule has 3 nitrogen and oxygen atoms in total. The van der Waals surface area contributed by atoms with E-state index in [1.165, 1.54) is 6.42 Å². The molecule has 0 radical (unpaired) electrons. The molecule has 0 unspecified atom stereocenters. The number of hydrogen-bond acceptors (Lipinski definition) is 2. The Bertz CT molecular complexity index is 172. The minimum Gasteiger partial charge on any atom is -0.352 e. The predicted molar refractivity (Wildman–Crippen MR) is 58.1 cm³/mol. The van der Waals surface area contributed by atoms with Crippen LogP contribution in [0.5, 0.6) is 0 Å². The van der Waals surface area contributed by atoms with E-state index in [1.807, 2.05) is 0 Å². The van der Waals surface area contributed by atoms with E-state index in [-0.39, 0.29) is 11.8 Å². The number of hydrogen-bond donors (Lipinski definition) is 2. The molecule has 82 valence electrons. The second kappa shape index (κ2) is 6.02. The number of carbonyl (C=O) groups excluding carboxylic acids is 1. The average molecular weight is 198 g/mol. The zero-order chi connectivity index (χ0) is 10.4. The summed E-state index contributed by atoms with van der Waals surface area (Å²) in [7, 11) is 0. The molecule has 0 bridgehead atoms. The van der Waals surface area contributed by atoms with E-state index < -0.39 is 0 Å². The van der Waals surface area contributed by atoms with Crippen LogP contribution in [-0.2, 0) is 4.79 Å². The zero-order valence-electron chi connectivity index (χ0n) is 9.31. The van der Waals surface area contributed by atoms with Gasteiger partial charge in [-0.2, -0.15) is 0 Å². The highest BCUT2D eigenvalue weighted by atomic mass is 16.1. The van der Waals surface area contributed by atoms with E-state index >= 15 is 0 Å². The first kappa shape index (κ1) is 11.5. The molecule has 1 aliphatic rings. The SMILES string of the molecule is CCC(CC)C(=O)N[C@@H]1CCCNC1. The van der Waals surface area contributed by atoms with Crippen LogP contribution < -0.4 is 10.6 Å². The molecule has 1 saturated heterocycles. The highest BCUT2D eigenvalue weighted by molar-refractivity contribution is 5.78. The van der Waals surface area contributed by atoms with Crippen LogP contribution in [0.4, 0.5) is 0 Å². The summed E-state index contributed by atoms with van der Waals surface area (Å²) in [5.41, 5.74) is 0. The van der Waals surface area contributed by atoms with Crippen molar-refractivity contribution in [3.05, 3.63) is 0 Å². The summed E-state index contributed by atoms with van der Waals surface area (Å²) in [5, 5.41) is 6.42.